The number of nitrogens with zero attached hydrogens (tertiary/aromatic N) is 4. The minimum atomic E-state index is -0.417. The van der Waals surface area contributed by atoms with Gasteiger partial charge >= 0.3 is 0 Å². The predicted molar refractivity (Wildman–Crippen MR) is 114 cm³/mol. The quantitative estimate of drug-likeness (QED) is 0.711. The molecule has 4 aliphatic rings. The van der Waals surface area contributed by atoms with Crippen LogP contribution >= 0.6 is 0 Å². The molecule has 1 spiro atoms. The fourth-order valence-corrected chi connectivity index (χ4v) is 4.37. The van der Waals surface area contributed by atoms with Crippen molar-refractivity contribution in [2.75, 3.05) is 33.3 Å². The second-order valence-corrected chi connectivity index (χ2v) is 8.54. The molecule has 8 nitrogen and oxygen atoms in total. The van der Waals surface area contributed by atoms with Crippen LogP contribution in [0.1, 0.15) is 37.8 Å². The van der Waals surface area contributed by atoms with Crippen LogP contribution in [-0.4, -0.2) is 65.4 Å². The molecular formula is C22H27FN6O2. The number of amidine groups is 1. The van der Waals surface area contributed by atoms with Crippen molar-refractivity contribution in [2.24, 2.45) is 4.99 Å². The number of pyridine rings is 1. The monoisotopic (exact) mass is 426 g/mol. The van der Waals surface area contributed by atoms with E-state index in [1.807, 2.05) is 31.1 Å². The molecule has 1 saturated carbocycles. The van der Waals surface area contributed by atoms with Crippen molar-refractivity contribution in [2.45, 2.75) is 37.8 Å². The standard InChI is InChI=1S/C22H27FN6O2/c1-3-15-19-26-18(4-8-28(19)2)29-9-7-24-12-17(29)16-10-14(23)11-25-21(16)31-13-22(5-6-22)27-20(15)30/h4,8,10-11,17,24H,3,5-7,9,12-13H2,1-2H3,(H,27,30)/b19-15+. The lowest BCUT2D eigenvalue weighted by Gasteiger charge is -2.39. The smallest absolute Gasteiger partial charge is 0.251 e. The number of amides is 1. The summed E-state index contributed by atoms with van der Waals surface area (Å²) in [6.07, 6.45) is 7.27. The fraction of sp³-hybridized carbons (Fsp3) is 0.500. The number of ether oxygens (including phenoxy) is 1. The predicted octanol–water partition coefficient (Wildman–Crippen LogP) is 1.69. The minimum Gasteiger partial charge on any atom is -0.475 e. The van der Waals surface area contributed by atoms with Crippen LogP contribution in [0.4, 0.5) is 4.39 Å². The van der Waals surface area contributed by atoms with E-state index >= 15 is 0 Å². The lowest BCUT2D eigenvalue weighted by molar-refractivity contribution is -0.118. The Morgan fingerprint density at radius 1 is 1.39 bits per heavy atom. The van der Waals surface area contributed by atoms with Gasteiger partial charge in [0, 0.05) is 38.4 Å². The van der Waals surface area contributed by atoms with Crippen LogP contribution in [0, 0.1) is 5.82 Å². The highest BCUT2D eigenvalue weighted by Crippen LogP contribution is 2.38. The number of fused-ring (bicyclic) bond motifs is 5. The number of carbonyl (C=O) groups excluding carboxylic acids is 1. The Kier molecular flexibility index (Phi) is 4.92. The largest absolute Gasteiger partial charge is 0.475 e. The van der Waals surface area contributed by atoms with Crippen molar-refractivity contribution in [1.29, 1.82) is 0 Å². The van der Waals surface area contributed by atoms with Crippen LogP contribution in [0.25, 0.3) is 0 Å². The van der Waals surface area contributed by atoms with Gasteiger partial charge in [0.2, 0.25) is 5.88 Å². The molecule has 9 heteroatoms. The van der Waals surface area contributed by atoms with Gasteiger partial charge in [0.15, 0.2) is 0 Å². The minimum absolute atomic E-state index is 0.118. The van der Waals surface area contributed by atoms with E-state index in [9.17, 15) is 9.18 Å². The van der Waals surface area contributed by atoms with Gasteiger partial charge in [-0.05, 0) is 31.4 Å². The Morgan fingerprint density at radius 3 is 3.00 bits per heavy atom. The molecule has 2 fully saturated rings. The first kappa shape index (κ1) is 20.0. The van der Waals surface area contributed by atoms with Gasteiger partial charge in [-0.1, -0.05) is 6.92 Å². The van der Waals surface area contributed by atoms with Gasteiger partial charge in [0.05, 0.1) is 23.4 Å². The summed E-state index contributed by atoms with van der Waals surface area (Å²) in [5.41, 5.74) is 0.910. The van der Waals surface area contributed by atoms with Crippen LogP contribution in [0.2, 0.25) is 0 Å². The van der Waals surface area contributed by atoms with Gasteiger partial charge in [-0.25, -0.2) is 14.4 Å². The number of halogens is 1. The molecule has 164 valence electrons. The third-order valence-corrected chi connectivity index (χ3v) is 6.36. The maximum atomic E-state index is 14.2. The number of aromatic nitrogens is 1. The Labute approximate surface area is 180 Å². The molecule has 0 aromatic carbocycles. The zero-order valence-corrected chi connectivity index (χ0v) is 17.8. The van der Waals surface area contributed by atoms with Crippen molar-refractivity contribution in [1.82, 2.24) is 25.4 Å². The normalized spacial score (nSPS) is 27.1. The van der Waals surface area contributed by atoms with Gasteiger partial charge in [0.25, 0.3) is 5.91 Å². The van der Waals surface area contributed by atoms with Crippen molar-refractivity contribution in [3.63, 3.8) is 0 Å². The summed E-state index contributed by atoms with van der Waals surface area (Å²) in [4.78, 5) is 26.4. The van der Waals surface area contributed by atoms with Crippen LogP contribution in [0.5, 0.6) is 5.88 Å². The van der Waals surface area contributed by atoms with Gasteiger partial charge in [0.1, 0.15) is 24.1 Å². The van der Waals surface area contributed by atoms with Crippen LogP contribution in [0.15, 0.2) is 40.9 Å². The Hall–Kier alpha value is -2.94. The fourth-order valence-electron chi connectivity index (χ4n) is 4.37. The van der Waals surface area contributed by atoms with Crippen molar-refractivity contribution >= 4 is 11.7 Å². The summed E-state index contributed by atoms with van der Waals surface area (Å²) in [7, 11) is 1.90. The summed E-state index contributed by atoms with van der Waals surface area (Å²) in [6.45, 7) is 4.36. The summed E-state index contributed by atoms with van der Waals surface area (Å²) in [5, 5.41) is 6.56. The highest BCUT2D eigenvalue weighted by atomic mass is 19.1. The number of hydrogen-bond donors (Lipinski definition) is 2. The van der Waals surface area contributed by atoms with Gasteiger partial charge in [-0.15, -0.1) is 0 Å². The lowest BCUT2D eigenvalue weighted by Crippen LogP contribution is -2.49. The molecule has 1 atom stereocenters. The SMILES string of the molecule is CC/C1=C2/N=C(C=CN2C)N2CCNCC2c2cc(F)cnc2OCC2(CC2)NC1=O. The third-order valence-electron chi connectivity index (χ3n) is 6.36. The Morgan fingerprint density at radius 2 is 2.23 bits per heavy atom. The first-order valence-electron chi connectivity index (χ1n) is 10.8. The van der Waals surface area contributed by atoms with E-state index in [4.69, 9.17) is 9.73 Å². The third kappa shape index (κ3) is 3.67. The second-order valence-electron chi connectivity index (χ2n) is 8.54. The Bertz CT molecular complexity index is 1000. The van der Waals surface area contributed by atoms with Crippen LogP contribution in [0.3, 0.4) is 0 Å². The van der Waals surface area contributed by atoms with Crippen molar-refractivity contribution in [3.05, 3.63) is 47.3 Å². The molecule has 2 bridgehead atoms. The van der Waals surface area contributed by atoms with E-state index in [2.05, 4.69) is 20.5 Å². The van der Waals surface area contributed by atoms with Gasteiger partial charge in [-0.3, -0.25) is 4.79 Å². The van der Waals surface area contributed by atoms with Gasteiger partial charge < -0.3 is 25.2 Å². The highest BCUT2D eigenvalue weighted by Gasteiger charge is 2.46. The average molecular weight is 426 g/mol. The molecule has 1 aromatic rings. The Balaban J connectivity index is 1.66. The van der Waals surface area contributed by atoms with Crippen molar-refractivity contribution < 1.29 is 13.9 Å². The lowest BCUT2D eigenvalue weighted by atomic mass is 10.0. The number of piperazine rings is 1. The number of nitrogens with one attached hydrogen (secondary N) is 2. The highest BCUT2D eigenvalue weighted by molar-refractivity contribution is 5.98. The van der Waals surface area contributed by atoms with E-state index < -0.39 is 11.4 Å². The number of hydrogen-bond acceptors (Lipinski definition) is 7. The summed E-state index contributed by atoms with van der Waals surface area (Å²) < 4.78 is 20.3. The summed E-state index contributed by atoms with van der Waals surface area (Å²) in [6, 6.07) is 1.31. The number of rotatable bonds is 1. The summed E-state index contributed by atoms with van der Waals surface area (Å²) >= 11 is 0. The van der Waals surface area contributed by atoms with E-state index in [1.54, 1.807) is 0 Å². The van der Waals surface area contributed by atoms with E-state index in [0.717, 1.165) is 25.2 Å². The molecule has 1 saturated heterocycles. The molecule has 1 aromatic heterocycles. The van der Waals surface area contributed by atoms with Gasteiger partial charge in [-0.2, -0.15) is 0 Å². The van der Waals surface area contributed by atoms with Crippen LogP contribution in [-0.2, 0) is 4.79 Å². The van der Waals surface area contributed by atoms with E-state index in [1.165, 1.54) is 12.3 Å². The molecule has 4 heterocycles. The molecule has 0 radical (unpaired) electrons. The molecule has 3 aliphatic heterocycles. The maximum Gasteiger partial charge on any atom is 0.251 e. The van der Waals surface area contributed by atoms with Crippen molar-refractivity contribution in [3.8, 4) is 5.88 Å². The second kappa shape index (κ2) is 7.64. The molecule has 1 unspecified atom stereocenters. The zero-order valence-electron chi connectivity index (χ0n) is 17.8. The number of aliphatic imine (C=N–C) groups is 1. The van der Waals surface area contributed by atoms with Crippen LogP contribution < -0.4 is 15.4 Å². The van der Waals surface area contributed by atoms with E-state index in [-0.39, 0.29) is 11.9 Å². The first-order chi connectivity index (χ1) is 15.0. The first-order valence-corrected chi connectivity index (χ1v) is 10.8. The molecule has 2 N–H and O–H groups in total. The molecule has 31 heavy (non-hydrogen) atoms. The van der Waals surface area contributed by atoms with E-state index in [0.29, 0.717) is 49.0 Å². The average Bonchev–Trinajstić information content (AvgIpc) is 3.53. The number of carbonyl (C=O) groups is 1. The molecule has 1 amide bonds. The summed E-state index contributed by atoms with van der Waals surface area (Å²) in [5.74, 6) is 1.27. The zero-order chi connectivity index (χ0) is 21.6. The molecule has 5 rings (SSSR count). The maximum absolute atomic E-state index is 14.2. The topological polar surface area (TPSA) is 82.1 Å². The molecular weight excluding hydrogens is 399 g/mol. The molecule has 1 aliphatic carbocycles.